The van der Waals surface area contributed by atoms with Crippen molar-refractivity contribution < 1.29 is 8.42 Å². The molecular weight excluding hydrogens is 250 g/mol. The number of nitrogens with one attached hydrogen (secondary N) is 1. The van der Waals surface area contributed by atoms with Crippen LogP contribution in [0.1, 0.15) is 32.1 Å². The number of pyridine rings is 1. The Labute approximate surface area is 107 Å². The van der Waals surface area contributed by atoms with Crippen molar-refractivity contribution in [3.63, 3.8) is 0 Å². The summed E-state index contributed by atoms with van der Waals surface area (Å²) in [6, 6.07) is 1.86. The Morgan fingerprint density at radius 2 is 2.06 bits per heavy atom. The van der Waals surface area contributed by atoms with Crippen molar-refractivity contribution >= 4 is 15.7 Å². The zero-order chi connectivity index (χ0) is 12.6. The molecule has 0 radical (unpaired) electrons. The van der Waals surface area contributed by atoms with E-state index in [9.17, 15) is 8.42 Å². The van der Waals surface area contributed by atoms with Crippen molar-refractivity contribution in [3.8, 4) is 0 Å². The lowest BCUT2D eigenvalue weighted by Gasteiger charge is -2.36. The van der Waals surface area contributed by atoms with Crippen molar-refractivity contribution in [2.75, 3.05) is 12.0 Å². The minimum Gasteiger partial charge on any atom is -0.370 e. The number of sulfonamides is 1. The van der Waals surface area contributed by atoms with Crippen LogP contribution in [0.2, 0.25) is 0 Å². The normalized spacial score (nSPS) is 24.2. The van der Waals surface area contributed by atoms with Gasteiger partial charge >= 0.3 is 0 Å². The molecule has 1 aliphatic heterocycles. The lowest BCUT2D eigenvalue weighted by Crippen LogP contribution is -2.46. The topological polar surface area (TPSA) is 62.3 Å². The zero-order valence-electron chi connectivity index (χ0n) is 10.2. The molecule has 2 aliphatic rings. The molecule has 2 heterocycles. The number of nitrogens with zero attached hydrogens (tertiary/aromatic N) is 2. The van der Waals surface area contributed by atoms with Gasteiger partial charge in [-0.2, -0.15) is 4.31 Å². The van der Waals surface area contributed by atoms with Crippen LogP contribution in [0, 0.1) is 0 Å². The van der Waals surface area contributed by atoms with E-state index in [0.29, 0.717) is 17.3 Å². The number of hydrogen-bond donors (Lipinski definition) is 1. The average Bonchev–Trinajstić information content (AvgIpc) is 2.40. The van der Waals surface area contributed by atoms with Gasteiger partial charge in [0.25, 0.3) is 0 Å². The van der Waals surface area contributed by atoms with Gasteiger partial charge in [-0.05, 0) is 18.9 Å². The van der Waals surface area contributed by atoms with Gasteiger partial charge in [0.05, 0.1) is 12.4 Å². The van der Waals surface area contributed by atoms with Crippen molar-refractivity contribution in [3.05, 3.63) is 18.5 Å². The molecule has 0 atom stereocenters. The monoisotopic (exact) mass is 267 g/mol. The summed E-state index contributed by atoms with van der Waals surface area (Å²) in [7, 11) is -3.37. The van der Waals surface area contributed by atoms with E-state index in [1.165, 1.54) is 12.6 Å². The van der Waals surface area contributed by atoms with Crippen molar-refractivity contribution in [1.29, 1.82) is 0 Å². The molecule has 0 spiro atoms. The number of aromatic nitrogens is 1. The molecule has 1 saturated carbocycles. The fourth-order valence-corrected chi connectivity index (χ4v) is 4.50. The van der Waals surface area contributed by atoms with Gasteiger partial charge in [-0.3, -0.25) is 4.98 Å². The third kappa shape index (κ3) is 1.89. The van der Waals surface area contributed by atoms with Crippen molar-refractivity contribution in [1.82, 2.24) is 9.29 Å². The van der Waals surface area contributed by atoms with Crippen LogP contribution < -0.4 is 5.32 Å². The number of rotatable bonds is 1. The molecular formula is C12H17N3O2S. The zero-order valence-corrected chi connectivity index (χ0v) is 11.0. The summed E-state index contributed by atoms with van der Waals surface area (Å²) in [5, 5.41) is 3.17. The van der Waals surface area contributed by atoms with Crippen LogP contribution in [0.25, 0.3) is 0 Å². The van der Waals surface area contributed by atoms with Gasteiger partial charge in [-0.25, -0.2) is 8.42 Å². The first-order valence-electron chi connectivity index (χ1n) is 6.39. The second kappa shape index (κ2) is 4.51. The van der Waals surface area contributed by atoms with Gasteiger partial charge in [-0.15, -0.1) is 0 Å². The summed E-state index contributed by atoms with van der Waals surface area (Å²) in [4.78, 5) is 4.23. The van der Waals surface area contributed by atoms with E-state index < -0.39 is 10.0 Å². The molecule has 0 aromatic carbocycles. The van der Waals surface area contributed by atoms with E-state index in [0.717, 1.165) is 25.7 Å². The van der Waals surface area contributed by atoms with E-state index in [-0.39, 0.29) is 6.04 Å². The van der Waals surface area contributed by atoms with Crippen LogP contribution in [0.3, 0.4) is 0 Å². The van der Waals surface area contributed by atoms with E-state index in [1.807, 2.05) is 0 Å². The molecule has 0 amide bonds. The van der Waals surface area contributed by atoms with Crippen LogP contribution in [0.5, 0.6) is 0 Å². The molecule has 5 nitrogen and oxygen atoms in total. The third-order valence-electron chi connectivity index (χ3n) is 3.78. The minimum atomic E-state index is -3.37. The predicted octanol–water partition coefficient (Wildman–Crippen LogP) is 1.79. The molecule has 3 rings (SSSR count). The SMILES string of the molecule is O=S1(=O)c2cnccc2NCN1C1CCCCC1. The highest BCUT2D eigenvalue weighted by molar-refractivity contribution is 7.89. The average molecular weight is 267 g/mol. The summed E-state index contributed by atoms with van der Waals surface area (Å²) in [5.74, 6) is 0. The molecule has 0 bridgehead atoms. The van der Waals surface area contributed by atoms with Crippen LogP contribution in [0.4, 0.5) is 5.69 Å². The maximum absolute atomic E-state index is 12.5. The largest absolute Gasteiger partial charge is 0.370 e. The van der Waals surface area contributed by atoms with Crippen molar-refractivity contribution in [2.45, 2.75) is 43.0 Å². The Hall–Kier alpha value is -1.14. The maximum atomic E-state index is 12.5. The Balaban J connectivity index is 1.95. The highest BCUT2D eigenvalue weighted by atomic mass is 32.2. The second-order valence-electron chi connectivity index (χ2n) is 4.89. The summed E-state index contributed by atoms with van der Waals surface area (Å²) in [6.07, 6.45) is 8.44. The van der Waals surface area contributed by atoms with Gasteiger partial charge in [0.2, 0.25) is 10.0 Å². The standard InChI is InChI=1S/C12H17N3O2S/c16-18(17)12-8-13-7-6-11(12)14-9-15(18)10-4-2-1-3-5-10/h6-8,10,14H,1-5,9H2. The Kier molecular flexibility index (Phi) is 2.99. The molecule has 98 valence electrons. The van der Waals surface area contributed by atoms with E-state index >= 15 is 0 Å². The predicted molar refractivity (Wildman–Crippen MR) is 68.6 cm³/mol. The number of hydrogen-bond acceptors (Lipinski definition) is 4. The maximum Gasteiger partial charge on any atom is 0.248 e. The molecule has 1 aliphatic carbocycles. The number of anilines is 1. The van der Waals surface area contributed by atoms with E-state index in [1.54, 1.807) is 16.6 Å². The molecule has 18 heavy (non-hydrogen) atoms. The first-order valence-corrected chi connectivity index (χ1v) is 7.83. The lowest BCUT2D eigenvalue weighted by molar-refractivity contribution is 0.261. The minimum absolute atomic E-state index is 0.143. The Bertz CT molecular complexity index is 538. The third-order valence-corrected chi connectivity index (χ3v) is 5.70. The Morgan fingerprint density at radius 3 is 2.83 bits per heavy atom. The first-order chi connectivity index (χ1) is 8.69. The van der Waals surface area contributed by atoms with Crippen molar-refractivity contribution in [2.24, 2.45) is 0 Å². The van der Waals surface area contributed by atoms with Gasteiger partial charge in [0, 0.05) is 18.4 Å². The second-order valence-corrected chi connectivity index (χ2v) is 6.75. The molecule has 1 N–H and O–H groups in total. The molecule has 1 aromatic rings. The first kappa shape index (κ1) is 11.9. The molecule has 0 saturated heterocycles. The summed E-state index contributed by atoms with van der Waals surface area (Å²) in [5.41, 5.74) is 0.664. The summed E-state index contributed by atoms with van der Waals surface area (Å²) >= 11 is 0. The van der Waals surface area contributed by atoms with Gasteiger partial charge < -0.3 is 5.32 Å². The van der Waals surface area contributed by atoms with Crippen LogP contribution >= 0.6 is 0 Å². The molecule has 1 fully saturated rings. The van der Waals surface area contributed by atoms with E-state index in [2.05, 4.69) is 10.3 Å². The van der Waals surface area contributed by atoms with Crippen LogP contribution in [0.15, 0.2) is 23.4 Å². The summed E-state index contributed by atoms with van der Waals surface area (Å²) < 4.78 is 26.7. The van der Waals surface area contributed by atoms with Gasteiger partial charge in [-0.1, -0.05) is 19.3 Å². The lowest BCUT2D eigenvalue weighted by atomic mass is 9.96. The molecule has 0 unspecified atom stereocenters. The highest BCUT2D eigenvalue weighted by Gasteiger charge is 2.36. The highest BCUT2D eigenvalue weighted by Crippen LogP contribution is 2.33. The van der Waals surface area contributed by atoms with Crippen LogP contribution in [-0.4, -0.2) is 30.4 Å². The quantitative estimate of drug-likeness (QED) is 0.842. The van der Waals surface area contributed by atoms with Gasteiger partial charge in [0.1, 0.15) is 4.90 Å². The van der Waals surface area contributed by atoms with Crippen LogP contribution in [-0.2, 0) is 10.0 Å². The fourth-order valence-electron chi connectivity index (χ4n) is 2.80. The smallest absolute Gasteiger partial charge is 0.248 e. The number of fused-ring (bicyclic) bond motifs is 1. The molecule has 6 heteroatoms. The van der Waals surface area contributed by atoms with Gasteiger partial charge in [0.15, 0.2) is 0 Å². The fraction of sp³-hybridized carbons (Fsp3) is 0.583. The molecule has 1 aromatic heterocycles. The summed E-state index contributed by atoms with van der Waals surface area (Å²) in [6.45, 7) is 0.379. The van der Waals surface area contributed by atoms with E-state index in [4.69, 9.17) is 0 Å². The Morgan fingerprint density at radius 1 is 1.28 bits per heavy atom.